The summed E-state index contributed by atoms with van der Waals surface area (Å²) < 4.78 is 11.4. The lowest BCUT2D eigenvalue weighted by atomic mass is 10.0. The summed E-state index contributed by atoms with van der Waals surface area (Å²) in [7, 11) is 2.05. The minimum atomic E-state index is -0.506. The van der Waals surface area contributed by atoms with E-state index in [9.17, 15) is 9.59 Å². The number of piperidine rings is 1. The second kappa shape index (κ2) is 7.53. The Labute approximate surface area is 159 Å². The monoisotopic (exact) mass is 374 g/mol. The number of rotatable bonds is 2. The van der Waals surface area contributed by atoms with Gasteiger partial charge in [-0.1, -0.05) is 0 Å². The number of nitrogens with zero attached hydrogens (tertiary/aromatic N) is 4. The van der Waals surface area contributed by atoms with Crippen LogP contribution in [0.3, 0.4) is 0 Å². The van der Waals surface area contributed by atoms with Crippen molar-refractivity contribution < 1.29 is 19.1 Å². The SMILES string of the molecule is CN1CCN(C(=O)c2cncc(C(=O)N3CCC4(CC3)OCCO4)c2)CC1. The average Bonchev–Trinajstić information content (AvgIpc) is 3.16. The zero-order valence-electron chi connectivity index (χ0n) is 15.7. The number of hydrogen-bond donors (Lipinski definition) is 0. The Bertz CT molecular complexity index is 701. The summed E-state index contributed by atoms with van der Waals surface area (Å²) in [6.45, 7) is 5.51. The molecule has 0 bridgehead atoms. The molecule has 8 heteroatoms. The van der Waals surface area contributed by atoms with Crippen LogP contribution in [0.5, 0.6) is 0 Å². The lowest BCUT2D eigenvalue weighted by Gasteiger charge is -2.37. The first-order valence-electron chi connectivity index (χ1n) is 9.56. The third-order valence-electron chi connectivity index (χ3n) is 5.65. The van der Waals surface area contributed by atoms with E-state index >= 15 is 0 Å². The van der Waals surface area contributed by atoms with Gasteiger partial charge in [-0.05, 0) is 13.1 Å². The molecule has 1 spiro atoms. The normalized spacial score (nSPS) is 23.0. The van der Waals surface area contributed by atoms with E-state index in [0.717, 1.165) is 13.1 Å². The van der Waals surface area contributed by atoms with Crippen LogP contribution in [-0.4, -0.2) is 96.8 Å². The minimum absolute atomic E-state index is 0.0596. The summed E-state index contributed by atoms with van der Waals surface area (Å²) >= 11 is 0. The number of aromatic nitrogens is 1. The molecule has 146 valence electrons. The number of ether oxygens (including phenoxy) is 2. The largest absolute Gasteiger partial charge is 0.347 e. The van der Waals surface area contributed by atoms with E-state index in [4.69, 9.17) is 9.47 Å². The Morgan fingerprint density at radius 2 is 1.41 bits per heavy atom. The van der Waals surface area contributed by atoms with Crippen LogP contribution in [0.15, 0.2) is 18.5 Å². The summed E-state index contributed by atoms with van der Waals surface area (Å²) in [4.78, 5) is 35.6. The molecule has 3 saturated heterocycles. The number of amides is 2. The fourth-order valence-electron chi connectivity index (χ4n) is 3.88. The first-order valence-corrected chi connectivity index (χ1v) is 9.56. The smallest absolute Gasteiger partial charge is 0.255 e. The molecule has 0 aliphatic carbocycles. The molecule has 1 aromatic rings. The molecule has 8 nitrogen and oxygen atoms in total. The predicted molar refractivity (Wildman–Crippen MR) is 97.4 cm³/mol. The Hall–Kier alpha value is -2.03. The molecule has 0 saturated carbocycles. The number of carbonyl (C=O) groups excluding carboxylic acids is 2. The van der Waals surface area contributed by atoms with Crippen LogP contribution >= 0.6 is 0 Å². The fraction of sp³-hybridized carbons (Fsp3) is 0.632. The highest BCUT2D eigenvalue weighted by molar-refractivity contribution is 5.99. The molecule has 0 unspecified atom stereocenters. The van der Waals surface area contributed by atoms with Crippen molar-refractivity contribution in [1.29, 1.82) is 0 Å². The van der Waals surface area contributed by atoms with E-state index in [-0.39, 0.29) is 11.8 Å². The third-order valence-corrected chi connectivity index (χ3v) is 5.65. The molecule has 3 aliphatic rings. The summed E-state index contributed by atoms with van der Waals surface area (Å²) in [5.41, 5.74) is 0.931. The highest BCUT2D eigenvalue weighted by atomic mass is 16.7. The van der Waals surface area contributed by atoms with Crippen molar-refractivity contribution >= 4 is 11.8 Å². The number of likely N-dealkylation sites (tertiary alicyclic amines) is 1. The maximum atomic E-state index is 12.9. The molecule has 0 aromatic carbocycles. The van der Waals surface area contributed by atoms with Gasteiger partial charge in [-0.2, -0.15) is 0 Å². The molecule has 27 heavy (non-hydrogen) atoms. The summed E-state index contributed by atoms with van der Waals surface area (Å²) in [6.07, 6.45) is 4.43. The van der Waals surface area contributed by atoms with E-state index in [1.807, 2.05) is 11.9 Å². The topological polar surface area (TPSA) is 75.2 Å². The first-order chi connectivity index (χ1) is 13.1. The maximum absolute atomic E-state index is 12.9. The van der Waals surface area contributed by atoms with E-state index in [2.05, 4.69) is 9.88 Å². The van der Waals surface area contributed by atoms with E-state index in [1.165, 1.54) is 6.20 Å². The Morgan fingerprint density at radius 3 is 1.96 bits per heavy atom. The Morgan fingerprint density at radius 1 is 0.889 bits per heavy atom. The van der Waals surface area contributed by atoms with Gasteiger partial charge in [-0.3, -0.25) is 14.6 Å². The lowest BCUT2D eigenvalue weighted by Crippen LogP contribution is -2.47. The molecule has 1 aromatic heterocycles. The van der Waals surface area contributed by atoms with Gasteiger partial charge in [0.25, 0.3) is 11.8 Å². The number of pyridine rings is 1. The van der Waals surface area contributed by atoms with Gasteiger partial charge in [-0.25, -0.2) is 0 Å². The first kappa shape index (κ1) is 18.3. The van der Waals surface area contributed by atoms with E-state index in [1.54, 1.807) is 17.2 Å². The summed E-state index contributed by atoms with van der Waals surface area (Å²) in [6, 6.07) is 1.67. The highest BCUT2D eigenvalue weighted by Gasteiger charge is 2.41. The number of hydrogen-bond acceptors (Lipinski definition) is 6. The second-order valence-corrected chi connectivity index (χ2v) is 7.46. The van der Waals surface area contributed by atoms with Crippen LogP contribution in [0.25, 0.3) is 0 Å². The van der Waals surface area contributed by atoms with Gasteiger partial charge < -0.3 is 24.2 Å². The fourth-order valence-corrected chi connectivity index (χ4v) is 3.88. The van der Waals surface area contributed by atoms with E-state index in [0.29, 0.717) is 63.4 Å². The summed E-state index contributed by atoms with van der Waals surface area (Å²) in [5.74, 6) is -0.659. The van der Waals surface area contributed by atoms with Crippen molar-refractivity contribution in [3.05, 3.63) is 29.6 Å². The van der Waals surface area contributed by atoms with Gasteiger partial charge in [0, 0.05) is 64.5 Å². The molecule has 0 radical (unpaired) electrons. The van der Waals surface area contributed by atoms with Gasteiger partial charge in [0.15, 0.2) is 5.79 Å². The average molecular weight is 374 g/mol. The molecule has 3 fully saturated rings. The molecule has 4 heterocycles. The van der Waals surface area contributed by atoms with Crippen molar-refractivity contribution in [3.8, 4) is 0 Å². The van der Waals surface area contributed by atoms with Crippen molar-refractivity contribution in [1.82, 2.24) is 19.7 Å². The molecule has 0 N–H and O–H groups in total. The van der Waals surface area contributed by atoms with Gasteiger partial charge in [0.2, 0.25) is 0 Å². The number of piperazine rings is 1. The quantitative estimate of drug-likeness (QED) is 0.748. The van der Waals surface area contributed by atoms with E-state index < -0.39 is 5.79 Å². The lowest BCUT2D eigenvalue weighted by molar-refractivity contribution is -0.181. The molecule has 4 rings (SSSR count). The summed E-state index contributed by atoms with van der Waals surface area (Å²) in [5, 5.41) is 0. The van der Waals surface area contributed by atoms with Gasteiger partial charge in [0.05, 0.1) is 24.3 Å². The van der Waals surface area contributed by atoms with Crippen molar-refractivity contribution in [2.24, 2.45) is 0 Å². The van der Waals surface area contributed by atoms with Crippen LogP contribution < -0.4 is 0 Å². The van der Waals surface area contributed by atoms with Gasteiger partial charge in [0.1, 0.15) is 0 Å². The molecule has 2 amide bonds. The van der Waals surface area contributed by atoms with Crippen LogP contribution in [0.2, 0.25) is 0 Å². The Kier molecular flexibility index (Phi) is 5.12. The minimum Gasteiger partial charge on any atom is -0.347 e. The highest BCUT2D eigenvalue weighted by Crippen LogP contribution is 2.31. The van der Waals surface area contributed by atoms with Crippen LogP contribution in [0, 0.1) is 0 Å². The number of carbonyl (C=O) groups is 2. The standard InChI is InChI=1S/C19H26N4O4/c1-21-6-8-23(9-7-21)18(25)16-12-15(13-20-14-16)17(24)22-4-2-19(3-5-22)26-10-11-27-19/h12-14H,2-11H2,1H3. The Balaban J connectivity index is 1.41. The van der Waals surface area contributed by atoms with Crippen LogP contribution in [0.1, 0.15) is 33.6 Å². The van der Waals surface area contributed by atoms with Crippen molar-refractivity contribution in [2.45, 2.75) is 18.6 Å². The van der Waals surface area contributed by atoms with Gasteiger partial charge in [-0.15, -0.1) is 0 Å². The van der Waals surface area contributed by atoms with Crippen molar-refractivity contribution in [2.75, 3.05) is 59.5 Å². The van der Waals surface area contributed by atoms with Crippen LogP contribution in [0.4, 0.5) is 0 Å². The molecular formula is C19H26N4O4. The third kappa shape index (κ3) is 3.83. The molecule has 0 atom stereocenters. The molecule has 3 aliphatic heterocycles. The zero-order chi connectivity index (χ0) is 18.9. The van der Waals surface area contributed by atoms with Crippen molar-refractivity contribution in [3.63, 3.8) is 0 Å². The van der Waals surface area contributed by atoms with Crippen LogP contribution in [-0.2, 0) is 9.47 Å². The predicted octanol–water partition coefficient (Wildman–Crippen LogP) is 0.448. The second-order valence-electron chi connectivity index (χ2n) is 7.46. The zero-order valence-corrected chi connectivity index (χ0v) is 15.7. The van der Waals surface area contributed by atoms with Gasteiger partial charge >= 0.3 is 0 Å². The maximum Gasteiger partial charge on any atom is 0.255 e. The molecular weight excluding hydrogens is 348 g/mol. The number of likely N-dealkylation sites (N-methyl/N-ethyl adjacent to an activating group) is 1.